The number of carbonyl (C=O) groups excluding carboxylic acids is 1. The summed E-state index contributed by atoms with van der Waals surface area (Å²) in [5, 5.41) is 3.73. The summed E-state index contributed by atoms with van der Waals surface area (Å²) in [6.07, 6.45) is 4.82. The fraction of sp³-hybridized carbons (Fsp3) is 0.500. The summed E-state index contributed by atoms with van der Waals surface area (Å²) >= 11 is 6.83. The van der Waals surface area contributed by atoms with E-state index in [4.69, 9.17) is 18.0 Å². The quantitative estimate of drug-likeness (QED) is 0.816. The standard InChI is InChI=1S/C14H19N3OS2/c1-2-20-11-5-4-10(7-11)17-14(18)12-6-3-9(8-16-12)13(15)19/h3,6,8,10-11H,2,4-5,7H2,1H3,(H2,15,19)(H,17,18). The van der Waals surface area contributed by atoms with Gasteiger partial charge in [-0.15, -0.1) is 0 Å². The van der Waals surface area contributed by atoms with Crippen LogP contribution in [0.5, 0.6) is 0 Å². The van der Waals surface area contributed by atoms with Gasteiger partial charge in [-0.3, -0.25) is 9.78 Å². The smallest absolute Gasteiger partial charge is 0.270 e. The van der Waals surface area contributed by atoms with E-state index >= 15 is 0 Å². The molecule has 4 nitrogen and oxygen atoms in total. The molecule has 20 heavy (non-hydrogen) atoms. The van der Waals surface area contributed by atoms with Gasteiger partial charge in [0.1, 0.15) is 10.7 Å². The minimum absolute atomic E-state index is 0.119. The Morgan fingerprint density at radius 3 is 2.95 bits per heavy atom. The summed E-state index contributed by atoms with van der Waals surface area (Å²) in [5.41, 5.74) is 6.60. The third kappa shape index (κ3) is 3.93. The predicted octanol–water partition coefficient (Wildman–Crippen LogP) is 2.12. The van der Waals surface area contributed by atoms with Gasteiger partial charge in [0.25, 0.3) is 5.91 Å². The van der Waals surface area contributed by atoms with Gasteiger partial charge in [-0.1, -0.05) is 19.1 Å². The van der Waals surface area contributed by atoms with Gasteiger partial charge in [0, 0.05) is 23.1 Å². The zero-order valence-electron chi connectivity index (χ0n) is 11.5. The van der Waals surface area contributed by atoms with E-state index in [9.17, 15) is 4.79 Å². The van der Waals surface area contributed by atoms with E-state index in [2.05, 4.69) is 17.2 Å². The fourth-order valence-electron chi connectivity index (χ4n) is 2.39. The molecule has 1 amide bonds. The number of nitrogens with two attached hydrogens (primary N) is 1. The first-order valence-corrected chi connectivity index (χ1v) is 8.24. The molecule has 1 fully saturated rings. The number of hydrogen-bond acceptors (Lipinski definition) is 4. The summed E-state index contributed by atoms with van der Waals surface area (Å²) in [6, 6.07) is 3.66. The molecule has 2 unspecified atom stereocenters. The molecule has 0 saturated heterocycles. The molecule has 1 aliphatic rings. The molecule has 6 heteroatoms. The molecule has 0 aromatic carbocycles. The number of hydrogen-bond donors (Lipinski definition) is 2. The zero-order chi connectivity index (χ0) is 14.5. The van der Waals surface area contributed by atoms with Crippen molar-refractivity contribution in [2.45, 2.75) is 37.5 Å². The van der Waals surface area contributed by atoms with Crippen LogP contribution in [0.2, 0.25) is 0 Å². The molecule has 1 aromatic heterocycles. The maximum atomic E-state index is 12.1. The van der Waals surface area contributed by atoms with Crippen LogP contribution >= 0.6 is 24.0 Å². The molecule has 1 heterocycles. The van der Waals surface area contributed by atoms with Gasteiger partial charge in [-0.2, -0.15) is 11.8 Å². The first-order valence-electron chi connectivity index (χ1n) is 6.78. The molecule has 0 bridgehead atoms. The Morgan fingerprint density at radius 1 is 1.55 bits per heavy atom. The summed E-state index contributed by atoms with van der Waals surface area (Å²) in [6.45, 7) is 2.17. The highest BCUT2D eigenvalue weighted by molar-refractivity contribution is 7.99. The van der Waals surface area contributed by atoms with Crippen LogP contribution in [-0.4, -0.2) is 32.9 Å². The summed E-state index contributed by atoms with van der Waals surface area (Å²) in [5.74, 6) is 1.01. The molecule has 3 N–H and O–H groups in total. The predicted molar refractivity (Wildman–Crippen MR) is 87.1 cm³/mol. The third-order valence-corrected chi connectivity index (χ3v) is 4.87. The van der Waals surface area contributed by atoms with Gasteiger partial charge < -0.3 is 11.1 Å². The second-order valence-corrected chi connectivity index (χ2v) is 6.87. The number of pyridine rings is 1. The van der Waals surface area contributed by atoms with E-state index in [1.165, 1.54) is 6.42 Å². The fourth-order valence-corrected chi connectivity index (χ4v) is 3.65. The van der Waals surface area contributed by atoms with Crippen molar-refractivity contribution in [3.63, 3.8) is 0 Å². The van der Waals surface area contributed by atoms with E-state index in [1.807, 2.05) is 11.8 Å². The van der Waals surface area contributed by atoms with E-state index in [1.54, 1.807) is 18.3 Å². The van der Waals surface area contributed by atoms with Crippen LogP contribution in [-0.2, 0) is 0 Å². The molecule has 0 aliphatic heterocycles. The largest absolute Gasteiger partial charge is 0.389 e. The monoisotopic (exact) mass is 309 g/mol. The molecule has 0 radical (unpaired) electrons. The molecule has 2 rings (SSSR count). The lowest BCUT2D eigenvalue weighted by atomic mass is 10.2. The number of carbonyl (C=O) groups is 1. The Bertz CT molecular complexity index is 490. The number of amides is 1. The van der Waals surface area contributed by atoms with Gasteiger partial charge >= 0.3 is 0 Å². The van der Waals surface area contributed by atoms with E-state index in [0.717, 1.165) is 18.6 Å². The van der Waals surface area contributed by atoms with Crippen molar-refractivity contribution in [2.24, 2.45) is 5.73 Å². The first-order chi connectivity index (χ1) is 9.60. The van der Waals surface area contributed by atoms with Gasteiger partial charge in [0.15, 0.2) is 0 Å². The van der Waals surface area contributed by atoms with Gasteiger partial charge in [-0.25, -0.2) is 0 Å². The number of thiocarbonyl (C=S) groups is 1. The topological polar surface area (TPSA) is 68.0 Å². The summed E-state index contributed by atoms with van der Waals surface area (Å²) in [4.78, 5) is 16.5. The highest BCUT2D eigenvalue weighted by Crippen LogP contribution is 2.29. The first kappa shape index (κ1) is 15.3. The molecule has 1 saturated carbocycles. The van der Waals surface area contributed by atoms with Crippen LogP contribution in [0, 0.1) is 0 Å². The van der Waals surface area contributed by atoms with Crippen LogP contribution in [0.4, 0.5) is 0 Å². The lowest BCUT2D eigenvalue weighted by Gasteiger charge is -2.12. The Labute approximate surface area is 128 Å². The maximum Gasteiger partial charge on any atom is 0.270 e. The molecular formula is C14H19N3OS2. The Kier molecular flexibility index (Phi) is 5.37. The Hall–Kier alpha value is -1.14. The number of thioether (sulfide) groups is 1. The van der Waals surface area contributed by atoms with Crippen molar-refractivity contribution in [1.29, 1.82) is 0 Å². The van der Waals surface area contributed by atoms with Crippen molar-refractivity contribution < 1.29 is 4.79 Å². The third-order valence-electron chi connectivity index (χ3n) is 3.40. The number of rotatable bonds is 5. The van der Waals surface area contributed by atoms with Crippen LogP contribution in [0.3, 0.4) is 0 Å². The number of nitrogens with zero attached hydrogens (tertiary/aromatic N) is 1. The Balaban J connectivity index is 1.90. The van der Waals surface area contributed by atoms with E-state index in [-0.39, 0.29) is 11.9 Å². The van der Waals surface area contributed by atoms with Crippen molar-refractivity contribution >= 4 is 34.9 Å². The highest BCUT2D eigenvalue weighted by Gasteiger charge is 2.26. The van der Waals surface area contributed by atoms with E-state index < -0.39 is 0 Å². The molecule has 108 valence electrons. The summed E-state index contributed by atoms with van der Waals surface area (Å²) < 4.78 is 0. The van der Waals surface area contributed by atoms with Crippen molar-refractivity contribution in [2.75, 3.05) is 5.75 Å². The van der Waals surface area contributed by atoms with Gasteiger partial charge in [-0.05, 0) is 37.1 Å². The van der Waals surface area contributed by atoms with Gasteiger partial charge in [0.05, 0.1) is 0 Å². The molecule has 1 aromatic rings. The number of nitrogens with one attached hydrogen (secondary N) is 1. The van der Waals surface area contributed by atoms with Crippen LogP contribution < -0.4 is 11.1 Å². The number of aromatic nitrogens is 1. The lowest BCUT2D eigenvalue weighted by molar-refractivity contribution is 0.0933. The van der Waals surface area contributed by atoms with Crippen molar-refractivity contribution in [1.82, 2.24) is 10.3 Å². The zero-order valence-corrected chi connectivity index (χ0v) is 13.1. The minimum atomic E-state index is -0.119. The van der Waals surface area contributed by atoms with Crippen LogP contribution in [0.1, 0.15) is 42.2 Å². The maximum absolute atomic E-state index is 12.1. The van der Waals surface area contributed by atoms with Crippen molar-refractivity contribution in [3.05, 3.63) is 29.6 Å². The summed E-state index contributed by atoms with van der Waals surface area (Å²) in [7, 11) is 0. The normalized spacial score (nSPS) is 21.6. The van der Waals surface area contributed by atoms with E-state index in [0.29, 0.717) is 21.5 Å². The molecule has 1 aliphatic carbocycles. The highest BCUT2D eigenvalue weighted by atomic mass is 32.2. The van der Waals surface area contributed by atoms with Gasteiger partial charge in [0.2, 0.25) is 0 Å². The lowest BCUT2D eigenvalue weighted by Crippen LogP contribution is -2.33. The average molecular weight is 309 g/mol. The molecule has 2 atom stereocenters. The van der Waals surface area contributed by atoms with Crippen LogP contribution in [0.25, 0.3) is 0 Å². The minimum Gasteiger partial charge on any atom is -0.389 e. The molecule has 0 spiro atoms. The van der Waals surface area contributed by atoms with Crippen molar-refractivity contribution in [3.8, 4) is 0 Å². The van der Waals surface area contributed by atoms with Crippen LogP contribution in [0.15, 0.2) is 18.3 Å². The second kappa shape index (κ2) is 7.04. The Morgan fingerprint density at radius 2 is 2.35 bits per heavy atom. The molecular weight excluding hydrogens is 290 g/mol. The SMILES string of the molecule is CCSC1CCC(NC(=O)c2ccc(C(N)=S)cn2)C1. The average Bonchev–Trinajstić information content (AvgIpc) is 2.86. The second-order valence-electron chi connectivity index (χ2n) is 4.86.